The van der Waals surface area contributed by atoms with E-state index in [0.29, 0.717) is 6.42 Å². The van der Waals surface area contributed by atoms with Crippen molar-refractivity contribution in [2.24, 2.45) is 5.92 Å². The maximum absolute atomic E-state index is 9.53. The first-order valence-electron chi connectivity index (χ1n) is 2.28. The van der Waals surface area contributed by atoms with E-state index in [-0.39, 0.29) is 35.5 Å². The van der Waals surface area contributed by atoms with Gasteiger partial charge in [-0.25, -0.2) is 0 Å². The van der Waals surface area contributed by atoms with Gasteiger partial charge in [0.05, 0.1) is 0 Å². The van der Waals surface area contributed by atoms with Crippen molar-refractivity contribution in [1.29, 1.82) is 0 Å². The summed E-state index contributed by atoms with van der Waals surface area (Å²) in [5.41, 5.74) is 0. The van der Waals surface area contributed by atoms with E-state index in [1.165, 1.54) is 12.8 Å². The van der Waals surface area contributed by atoms with Crippen LogP contribution < -0.4 is 12.4 Å². The van der Waals surface area contributed by atoms with Crippen molar-refractivity contribution in [2.75, 3.05) is 0 Å². The van der Waals surface area contributed by atoms with E-state index in [0.717, 1.165) is 5.92 Å². The van der Waals surface area contributed by atoms with E-state index in [4.69, 9.17) is 0 Å². The molecule has 0 amide bonds. The zero-order chi connectivity index (χ0) is 4.41. The summed E-state index contributed by atoms with van der Waals surface area (Å²) < 4.78 is 0. The second-order valence-electron chi connectivity index (χ2n) is 1.79. The molecule has 1 aliphatic rings. The summed E-state index contributed by atoms with van der Waals surface area (Å²) in [6.45, 7) is 0. The van der Waals surface area contributed by atoms with Gasteiger partial charge in [0.1, 0.15) is 0 Å². The van der Waals surface area contributed by atoms with E-state index in [9.17, 15) is 4.79 Å². The Morgan fingerprint density at radius 1 is 1.50 bits per heavy atom. The first-order valence-corrected chi connectivity index (χ1v) is 2.28. The molecule has 0 radical (unpaired) electrons. The van der Waals surface area contributed by atoms with Gasteiger partial charge in [-0.3, -0.25) is 6.29 Å². The molecule has 1 fully saturated rings. The average molecular weight is 143 g/mol. The van der Waals surface area contributed by atoms with Crippen molar-refractivity contribution < 1.29 is 17.2 Å². The summed E-state index contributed by atoms with van der Waals surface area (Å²) in [6, 6.07) is 0. The first-order chi connectivity index (χ1) is 2.93. The predicted octanol–water partition coefficient (Wildman–Crippen LogP) is -2.48. The smallest absolute Gasteiger partial charge is 1.00 e. The summed E-state index contributed by atoms with van der Waals surface area (Å²) in [5.74, 6) is 0.725. The van der Waals surface area contributed by atoms with Gasteiger partial charge >= 0.3 is 23.1 Å². The number of hydrogen-bond donors (Lipinski definition) is 0. The van der Waals surface area contributed by atoms with E-state index in [1.54, 1.807) is 0 Å². The quantitative estimate of drug-likeness (QED) is 0.309. The largest absolute Gasteiger partial charge is 2.00 e. The van der Waals surface area contributed by atoms with Gasteiger partial charge in [0.15, 0.2) is 0 Å². The Kier molecular flexibility index (Phi) is 8.43. The van der Waals surface area contributed by atoms with Crippen molar-refractivity contribution in [1.82, 2.24) is 0 Å². The maximum atomic E-state index is 9.53. The topological polar surface area (TPSA) is 17.1 Å². The number of carbonyl (C=O) groups excluding carboxylic acids is 1. The Hall–Kier alpha value is 0.726. The van der Waals surface area contributed by atoms with Gasteiger partial charge in [-0.2, -0.15) is 0 Å². The van der Waals surface area contributed by atoms with Gasteiger partial charge in [-0.1, -0.05) is 18.8 Å². The molecule has 0 spiro atoms. The normalized spacial score (nSPS) is 15.5. The second-order valence-corrected chi connectivity index (χ2v) is 1.79. The summed E-state index contributed by atoms with van der Waals surface area (Å²) in [6.07, 6.45) is 5.08. The van der Waals surface area contributed by atoms with E-state index < -0.39 is 0 Å². The summed E-state index contributed by atoms with van der Waals surface area (Å²) >= 11 is 0. The minimum atomic E-state index is 0. The Bertz CT molecular complexity index is 63.4. The molecule has 0 saturated heterocycles. The zero-order valence-corrected chi connectivity index (χ0v) is 6.86. The van der Waals surface area contributed by atoms with Crippen LogP contribution in [0.25, 0.3) is 0 Å². The molecule has 0 heterocycles. The third kappa shape index (κ3) is 4.87. The van der Waals surface area contributed by atoms with Crippen LogP contribution in [0.3, 0.4) is 0 Å². The van der Waals surface area contributed by atoms with Gasteiger partial charge in [-0.05, 0) is 0 Å². The molecular weight excluding hydrogens is 136 g/mol. The molecule has 0 aliphatic heterocycles. The van der Waals surface area contributed by atoms with Crippen molar-refractivity contribution >= 4 is 29.3 Å². The molecule has 0 aromatic rings. The Balaban J connectivity index is 0. The van der Waals surface area contributed by atoms with Crippen LogP contribution in [-0.4, -0.2) is 29.3 Å². The number of halogens is 1. The van der Waals surface area contributed by atoms with Crippen molar-refractivity contribution in [3.05, 3.63) is 0 Å². The monoisotopic (exact) mass is 142 g/mol. The third-order valence-electron chi connectivity index (χ3n) is 1.07. The fourth-order valence-electron chi connectivity index (χ4n) is 0.440. The Labute approximate surface area is 71.8 Å². The van der Waals surface area contributed by atoms with Gasteiger partial charge < -0.3 is 17.2 Å². The van der Waals surface area contributed by atoms with E-state index in [2.05, 4.69) is 0 Å². The van der Waals surface area contributed by atoms with Gasteiger partial charge in [0.2, 0.25) is 0 Å². The number of rotatable bonds is 2. The third-order valence-corrected chi connectivity index (χ3v) is 1.07. The van der Waals surface area contributed by atoms with Gasteiger partial charge in [0.25, 0.3) is 0 Å². The molecule has 0 bridgehead atoms. The summed E-state index contributed by atoms with van der Waals surface area (Å²) in [7, 11) is 0. The molecule has 1 aliphatic carbocycles. The van der Waals surface area contributed by atoms with Gasteiger partial charge in [-0.15, -0.1) is 6.42 Å². The molecule has 42 valence electrons. The molecule has 1 saturated carbocycles. The molecule has 3 heteroatoms. The van der Waals surface area contributed by atoms with E-state index in [1.807, 2.05) is 6.29 Å². The summed E-state index contributed by atoms with van der Waals surface area (Å²) in [4.78, 5) is 9.53. The molecule has 0 atom stereocenters. The van der Waals surface area contributed by atoms with Crippen LogP contribution in [-0.2, 0) is 4.79 Å². The fraction of sp³-hybridized carbons (Fsp3) is 0.800. The molecule has 1 nitrogen and oxygen atoms in total. The van der Waals surface area contributed by atoms with Gasteiger partial charge in [0, 0.05) is 0 Å². The first kappa shape index (κ1) is 11.5. The summed E-state index contributed by atoms with van der Waals surface area (Å²) in [5, 5.41) is 0. The van der Waals surface area contributed by atoms with Crippen LogP contribution in [0.4, 0.5) is 0 Å². The van der Waals surface area contributed by atoms with Crippen molar-refractivity contribution in [2.45, 2.75) is 19.3 Å². The second kappa shape index (κ2) is 5.86. The van der Waals surface area contributed by atoms with Crippen LogP contribution in [0.15, 0.2) is 0 Å². The van der Waals surface area contributed by atoms with Crippen LogP contribution >= 0.6 is 0 Å². The minimum Gasteiger partial charge on any atom is -1.00 e. The van der Waals surface area contributed by atoms with Crippen molar-refractivity contribution in [3.63, 3.8) is 0 Å². The molecule has 1 rings (SSSR count). The Morgan fingerprint density at radius 3 is 2.12 bits per heavy atom. The molecule has 0 aromatic carbocycles. The molecule has 0 unspecified atom stereocenters. The Morgan fingerprint density at radius 2 is 2.00 bits per heavy atom. The molecule has 8 heavy (non-hydrogen) atoms. The zero-order valence-electron chi connectivity index (χ0n) is 4.69. The van der Waals surface area contributed by atoms with Crippen LogP contribution in [0.1, 0.15) is 19.3 Å². The van der Waals surface area contributed by atoms with Crippen LogP contribution in [0.2, 0.25) is 0 Å². The molecule has 0 aromatic heterocycles. The SMILES string of the molecule is O=[C-]CC1CC1.[Cl-].[Mg+2]. The number of hydrogen-bond acceptors (Lipinski definition) is 1. The molecular formula is C5H7ClMgO. The van der Waals surface area contributed by atoms with Crippen LogP contribution in [0, 0.1) is 5.92 Å². The standard InChI is InChI=1S/C5H7O.ClH.Mg/c6-4-3-5-1-2-5;;/h5H,1-3H2;1H;/q-1;;+2/p-1. The molecule has 0 N–H and O–H groups in total. The maximum Gasteiger partial charge on any atom is 2.00 e. The van der Waals surface area contributed by atoms with Crippen LogP contribution in [0.5, 0.6) is 0 Å². The average Bonchev–Trinajstić information content (AvgIpc) is 2.21. The van der Waals surface area contributed by atoms with Crippen molar-refractivity contribution in [3.8, 4) is 0 Å². The van der Waals surface area contributed by atoms with E-state index >= 15 is 0 Å². The minimum absolute atomic E-state index is 0. The predicted molar refractivity (Wildman–Crippen MR) is 28.8 cm³/mol. The fourth-order valence-corrected chi connectivity index (χ4v) is 0.440.